The van der Waals surface area contributed by atoms with Gasteiger partial charge in [0.15, 0.2) is 5.69 Å². The summed E-state index contributed by atoms with van der Waals surface area (Å²) in [7, 11) is 0. The molecule has 0 aliphatic rings. The molecule has 0 saturated heterocycles. The first kappa shape index (κ1) is 11.8. The van der Waals surface area contributed by atoms with Crippen molar-refractivity contribution in [2.75, 3.05) is 6.61 Å². The van der Waals surface area contributed by atoms with Crippen molar-refractivity contribution in [2.24, 2.45) is 0 Å². The van der Waals surface area contributed by atoms with E-state index >= 15 is 0 Å². The van der Waals surface area contributed by atoms with Crippen molar-refractivity contribution in [3.63, 3.8) is 0 Å². The monoisotopic (exact) mass is 280 g/mol. The van der Waals surface area contributed by atoms with E-state index in [-0.39, 0.29) is 22.5 Å². The number of H-pyrrole nitrogens is 1. The average molecular weight is 281 g/mol. The Kier molecular flexibility index (Phi) is 3.96. The van der Waals surface area contributed by atoms with Gasteiger partial charge in [-0.3, -0.25) is 5.10 Å². The molecule has 0 fully saturated rings. The molecule has 1 rings (SSSR count). The number of ether oxygens (including phenoxy) is 1. The zero-order valence-electron chi connectivity index (χ0n) is 7.68. The van der Waals surface area contributed by atoms with E-state index < -0.39 is 12.0 Å². The second kappa shape index (κ2) is 5.01. The molecule has 4 nitrogen and oxygen atoms in total. The maximum Gasteiger partial charge on any atom is 0.357 e. The molecule has 1 heterocycles. The zero-order chi connectivity index (χ0) is 11.4. The van der Waals surface area contributed by atoms with Crippen LogP contribution in [0.5, 0.6) is 0 Å². The second-order valence-electron chi connectivity index (χ2n) is 2.45. The molecule has 0 atom stereocenters. The third-order valence-corrected chi connectivity index (χ3v) is 2.26. The van der Waals surface area contributed by atoms with Crippen LogP contribution in [0, 0.1) is 0 Å². The van der Waals surface area contributed by atoms with Gasteiger partial charge in [-0.25, -0.2) is 4.79 Å². The van der Waals surface area contributed by atoms with E-state index in [4.69, 9.17) is 0 Å². The lowest BCUT2D eigenvalue weighted by atomic mass is 10.3. The summed E-state index contributed by atoms with van der Waals surface area (Å²) in [5.74, 6) is -0.643. The molecule has 0 aliphatic carbocycles. The number of carbonyl (C=O) groups excluding carboxylic acids is 1. The Labute approximate surface area is 92.4 Å². The third kappa shape index (κ3) is 2.85. The minimum Gasteiger partial charge on any atom is -0.461 e. The number of hydrogen-bond acceptors (Lipinski definition) is 3. The molecule has 82 valence electrons. The molecule has 7 heteroatoms. The highest BCUT2D eigenvalue weighted by Gasteiger charge is 2.17. The molecule has 1 aromatic rings. The van der Waals surface area contributed by atoms with Crippen molar-refractivity contribution < 1.29 is 18.3 Å². The number of nitrogens with zero attached hydrogens (tertiary/aromatic N) is 1. The smallest absolute Gasteiger partial charge is 0.357 e. The Morgan fingerprint density at radius 1 is 1.67 bits per heavy atom. The fourth-order valence-corrected chi connectivity index (χ4v) is 1.33. The molecule has 1 aromatic heterocycles. The SMILES string of the molecule is CCOC(=O)c1[nH]nc(C=C(F)F)c1Br. The lowest BCUT2D eigenvalue weighted by Crippen LogP contribution is -2.05. The highest BCUT2D eigenvalue weighted by atomic mass is 79.9. The van der Waals surface area contributed by atoms with Crippen LogP contribution in [0.25, 0.3) is 6.08 Å². The number of halogens is 3. The first-order valence-corrected chi connectivity index (χ1v) is 4.79. The van der Waals surface area contributed by atoms with Crippen LogP contribution in [-0.2, 0) is 4.74 Å². The highest BCUT2D eigenvalue weighted by molar-refractivity contribution is 9.10. The standard InChI is InChI=1S/C8H7BrF2N2O2/c1-2-15-8(14)7-6(9)4(12-13-7)3-5(10)11/h3H,2H2,1H3,(H,12,13). The molecule has 0 amide bonds. The predicted octanol–water partition coefficient (Wildman–Crippen LogP) is 2.59. The minimum absolute atomic E-state index is 0.0179. The number of aromatic nitrogens is 2. The van der Waals surface area contributed by atoms with Crippen LogP contribution in [0.4, 0.5) is 8.78 Å². The van der Waals surface area contributed by atoms with Gasteiger partial charge < -0.3 is 4.74 Å². The third-order valence-electron chi connectivity index (χ3n) is 1.46. The summed E-state index contributed by atoms with van der Waals surface area (Å²) >= 11 is 2.98. The minimum atomic E-state index is -1.89. The van der Waals surface area contributed by atoms with E-state index in [1.807, 2.05) is 0 Å². The summed E-state index contributed by atoms with van der Waals surface area (Å²) in [6.45, 7) is 1.84. The van der Waals surface area contributed by atoms with Crippen molar-refractivity contribution in [1.29, 1.82) is 0 Å². The van der Waals surface area contributed by atoms with Crippen LogP contribution in [0.2, 0.25) is 0 Å². The van der Waals surface area contributed by atoms with Crippen LogP contribution in [0.3, 0.4) is 0 Å². The van der Waals surface area contributed by atoms with Gasteiger partial charge in [-0.05, 0) is 22.9 Å². The number of rotatable bonds is 3. The lowest BCUT2D eigenvalue weighted by Gasteiger charge is -1.97. The second-order valence-corrected chi connectivity index (χ2v) is 3.25. The van der Waals surface area contributed by atoms with E-state index in [0.29, 0.717) is 6.08 Å². The molecule has 0 aromatic carbocycles. The molecule has 0 saturated carbocycles. The fourth-order valence-electron chi connectivity index (χ4n) is 0.880. The molecule has 0 spiro atoms. The van der Waals surface area contributed by atoms with Gasteiger partial charge in [-0.15, -0.1) is 0 Å². The molecule has 0 aliphatic heterocycles. The first-order chi connectivity index (χ1) is 7.06. The average Bonchev–Trinajstić information content (AvgIpc) is 2.48. The topological polar surface area (TPSA) is 55.0 Å². The van der Waals surface area contributed by atoms with Gasteiger partial charge in [-0.1, -0.05) is 0 Å². The van der Waals surface area contributed by atoms with Crippen LogP contribution in [0.15, 0.2) is 10.6 Å². The number of hydrogen-bond donors (Lipinski definition) is 1. The van der Waals surface area contributed by atoms with Crippen LogP contribution >= 0.6 is 15.9 Å². The van der Waals surface area contributed by atoms with Gasteiger partial charge in [0.05, 0.1) is 11.1 Å². The van der Waals surface area contributed by atoms with Gasteiger partial charge in [0, 0.05) is 6.08 Å². The van der Waals surface area contributed by atoms with E-state index in [9.17, 15) is 13.6 Å². The van der Waals surface area contributed by atoms with Crippen LogP contribution in [-0.4, -0.2) is 22.8 Å². The number of esters is 1. The van der Waals surface area contributed by atoms with Crippen molar-refractivity contribution in [3.8, 4) is 0 Å². The largest absolute Gasteiger partial charge is 0.461 e. The maximum absolute atomic E-state index is 11.9. The van der Waals surface area contributed by atoms with E-state index in [0.717, 1.165) is 0 Å². The van der Waals surface area contributed by atoms with Gasteiger partial charge >= 0.3 is 5.97 Å². The van der Waals surface area contributed by atoms with Crippen molar-refractivity contribution in [1.82, 2.24) is 10.2 Å². The first-order valence-electron chi connectivity index (χ1n) is 4.00. The van der Waals surface area contributed by atoms with Crippen molar-refractivity contribution >= 4 is 28.0 Å². The van der Waals surface area contributed by atoms with Gasteiger partial charge in [0.1, 0.15) is 5.69 Å². The summed E-state index contributed by atoms with van der Waals surface area (Å²) in [4.78, 5) is 11.2. The molecule has 0 radical (unpaired) electrons. The maximum atomic E-state index is 11.9. The molecular formula is C8H7BrF2N2O2. The summed E-state index contributed by atoms with van der Waals surface area (Å²) in [5, 5.41) is 5.84. The molecule has 1 N–H and O–H groups in total. The Bertz CT molecular complexity index is 399. The Morgan fingerprint density at radius 2 is 2.33 bits per heavy atom. The van der Waals surface area contributed by atoms with Gasteiger partial charge in [-0.2, -0.15) is 13.9 Å². The lowest BCUT2D eigenvalue weighted by molar-refractivity contribution is 0.0518. The predicted molar refractivity (Wildman–Crippen MR) is 52.4 cm³/mol. The quantitative estimate of drug-likeness (QED) is 0.866. The summed E-state index contributed by atoms with van der Waals surface area (Å²) in [5.41, 5.74) is -0.0256. The summed E-state index contributed by atoms with van der Waals surface area (Å²) in [6, 6.07) is 0. The number of carbonyl (C=O) groups is 1. The Balaban J connectivity index is 2.99. The number of aromatic amines is 1. The van der Waals surface area contributed by atoms with Gasteiger partial charge in [0.25, 0.3) is 6.08 Å². The highest BCUT2D eigenvalue weighted by Crippen LogP contribution is 2.22. The van der Waals surface area contributed by atoms with Gasteiger partial charge in [0.2, 0.25) is 0 Å². The summed E-state index contributed by atoms with van der Waals surface area (Å²) in [6.07, 6.45) is -1.35. The Hall–Kier alpha value is -1.24. The van der Waals surface area contributed by atoms with E-state index in [2.05, 4.69) is 30.9 Å². The summed E-state index contributed by atoms with van der Waals surface area (Å²) < 4.78 is 28.7. The molecule has 15 heavy (non-hydrogen) atoms. The molecule has 0 unspecified atom stereocenters. The Morgan fingerprint density at radius 3 is 2.87 bits per heavy atom. The van der Waals surface area contributed by atoms with E-state index in [1.54, 1.807) is 6.92 Å². The van der Waals surface area contributed by atoms with Crippen molar-refractivity contribution in [3.05, 3.63) is 21.9 Å². The fraction of sp³-hybridized carbons (Fsp3) is 0.250. The molecular weight excluding hydrogens is 274 g/mol. The van der Waals surface area contributed by atoms with E-state index in [1.165, 1.54) is 0 Å². The number of nitrogens with one attached hydrogen (secondary N) is 1. The van der Waals surface area contributed by atoms with Crippen LogP contribution in [0.1, 0.15) is 23.1 Å². The zero-order valence-corrected chi connectivity index (χ0v) is 9.27. The van der Waals surface area contributed by atoms with Crippen LogP contribution < -0.4 is 0 Å². The molecule has 0 bridgehead atoms. The van der Waals surface area contributed by atoms with Crippen molar-refractivity contribution in [2.45, 2.75) is 6.92 Å². The normalized spacial score (nSPS) is 9.87.